The molecule has 0 amide bonds. The number of hydrogen-bond donors (Lipinski definition) is 1. The van der Waals surface area contributed by atoms with Gasteiger partial charge in [-0.2, -0.15) is 0 Å². The lowest BCUT2D eigenvalue weighted by Crippen LogP contribution is -2.23. The van der Waals surface area contributed by atoms with Crippen molar-refractivity contribution in [3.63, 3.8) is 0 Å². The van der Waals surface area contributed by atoms with Crippen molar-refractivity contribution in [2.45, 2.75) is 26.9 Å². The normalized spacial score (nSPS) is 12.9. The molecule has 1 aromatic rings. The fraction of sp³-hybridized carbons (Fsp3) is 0.538. The van der Waals surface area contributed by atoms with Gasteiger partial charge in [-0.25, -0.2) is 4.39 Å². The van der Waals surface area contributed by atoms with Crippen LogP contribution >= 0.6 is 0 Å². The van der Waals surface area contributed by atoms with Gasteiger partial charge >= 0.3 is 0 Å². The minimum absolute atomic E-state index is 0.276. The van der Waals surface area contributed by atoms with E-state index in [1.807, 2.05) is 11.9 Å². The summed E-state index contributed by atoms with van der Waals surface area (Å²) in [5.41, 5.74) is 1.19. The first-order valence-electron chi connectivity index (χ1n) is 5.60. The highest BCUT2D eigenvalue weighted by Gasteiger charge is 2.11. The summed E-state index contributed by atoms with van der Waals surface area (Å²) < 4.78 is 13.8. The lowest BCUT2D eigenvalue weighted by atomic mass is 10.1. The highest BCUT2D eigenvalue weighted by atomic mass is 19.1. The maximum atomic E-state index is 13.8. The third-order valence-corrected chi connectivity index (χ3v) is 2.50. The molecule has 1 N–H and O–H groups in total. The highest BCUT2D eigenvalue weighted by molar-refractivity contribution is 5.48. The number of benzene rings is 1. The number of rotatable bonds is 4. The van der Waals surface area contributed by atoms with Crippen LogP contribution in [0.2, 0.25) is 0 Å². The fourth-order valence-electron chi connectivity index (χ4n) is 1.74. The van der Waals surface area contributed by atoms with E-state index in [4.69, 9.17) is 0 Å². The first-order valence-corrected chi connectivity index (χ1v) is 5.60. The Morgan fingerprint density at radius 2 is 1.94 bits per heavy atom. The molecular weight excluding hydrogens is 205 g/mol. The second-order valence-electron chi connectivity index (χ2n) is 4.66. The number of nitrogens with zero attached hydrogens (tertiary/aromatic N) is 1. The molecule has 1 atom stereocenters. The molecule has 0 saturated heterocycles. The zero-order valence-corrected chi connectivity index (χ0v) is 10.4. The Bertz CT molecular complexity index is 350. The van der Waals surface area contributed by atoms with Crippen molar-refractivity contribution in [2.75, 3.05) is 18.5 Å². The summed E-state index contributed by atoms with van der Waals surface area (Å²) in [4.78, 5) is 1.89. The molecule has 16 heavy (non-hydrogen) atoms. The lowest BCUT2D eigenvalue weighted by molar-refractivity contribution is 0.199. The van der Waals surface area contributed by atoms with E-state index in [9.17, 15) is 9.50 Å². The van der Waals surface area contributed by atoms with Crippen molar-refractivity contribution < 1.29 is 9.50 Å². The van der Waals surface area contributed by atoms with Gasteiger partial charge in [-0.1, -0.05) is 19.9 Å². The molecule has 2 nitrogen and oxygen atoms in total. The summed E-state index contributed by atoms with van der Waals surface area (Å²) in [5, 5.41) is 9.34. The van der Waals surface area contributed by atoms with E-state index < -0.39 is 6.10 Å². The van der Waals surface area contributed by atoms with Gasteiger partial charge in [0.1, 0.15) is 5.82 Å². The van der Waals surface area contributed by atoms with Crippen LogP contribution in [0.15, 0.2) is 18.2 Å². The maximum absolute atomic E-state index is 13.8. The number of halogens is 1. The molecule has 1 unspecified atom stereocenters. The van der Waals surface area contributed by atoms with Gasteiger partial charge in [0.25, 0.3) is 0 Å². The van der Waals surface area contributed by atoms with Gasteiger partial charge < -0.3 is 10.0 Å². The van der Waals surface area contributed by atoms with Crippen LogP contribution in [0.25, 0.3) is 0 Å². The van der Waals surface area contributed by atoms with Gasteiger partial charge in [0.05, 0.1) is 11.8 Å². The van der Waals surface area contributed by atoms with Crippen LogP contribution in [-0.4, -0.2) is 18.7 Å². The summed E-state index contributed by atoms with van der Waals surface area (Å²) >= 11 is 0. The number of anilines is 1. The monoisotopic (exact) mass is 225 g/mol. The van der Waals surface area contributed by atoms with Crippen molar-refractivity contribution in [1.29, 1.82) is 0 Å². The molecule has 0 fully saturated rings. The predicted octanol–water partition coefficient (Wildman–Crippen LogP) is 2.97. The van der Waals surface area contributed by atoms with E-state index in [-0.39, 0.29) is 5.82 Å². The average Bonchev–Trinajstić information content (AvgIpc) is 2.15. The van der Waals surface area contributed by atoms with E-state index in [1.54, 1.807) is 19.1 Å². The summed E-state index contributed by atoms with van der Waals surface area (Å²) in [6.07, 6.45) is -0.626. The van der Waals surface area contributed by atoms with Gasteiger partial charge in [0.15, 0.2) is 0 Å². The Kier molecular flexibility index (Phi) is 4.30. The lowest BCUT2D eigenvalue weighted by Gasteiger charge is -2.22. The Hall–Kier alpha value is -1.09. The first-order chi connectivity index (χ1) is 7.41. The number of aliphatic hydroxyl groups excluding tert-OH is 1. The standard InChI is InChI=1S/C13H20FNO/c1-9(2)8-15(4)13-6-5-11(10(3)16)7-12(13)14/h5-7,9-10,16H,8H2,1-4H3. The summed E-state index contributed by atoms with van der Waals surface area (Å²) in [6, 6.07) is 4.89. The van der Waals surface area contributed by atoms with Gasteiger partial charge in [-0.05, 0) is 30.5 Å². The second kappa shape index (κ2) is 5.30. The first kappa shape index (κ1) is 13.0. The zero-order valence-electron chi connectivity index (χ0n) is 10.4. The van der Waals surface area contributed by atoms with Crippen molar-refractivity contribution in [3.8, 4) is 0 Å². The third kappa shape index (κ3) is 3.20. The molecule has 0 spiro atoms. The minimum atomic E-state index is -0.626. The quantitative estimate of drug-likeness (QED) is 0.851. The smallest absolute Gasteiger partial charge is 0.146 e. The van der Waals surface area contributed by atoms with Crippen LogP contribution < -0.4 is 4.90 Å². The molecule has 0 radical (unpaired) electrons. The van der Waals surface area contributed by atoms with Crippen molar-refractivity contribution >= 4 is 5.69 Å². The van der Waals surface area contributed by atoms with E-state index in [1.165, 1.54) is 6.07 Å². The Labute approximate surface area is 96.7 Å². The number of aliphatic hydroxyl groups is 1. The van der Waals surface area contributed by atoms with Gasteiger partial charge in [-0.15, -0.1) is 0 Å². The van der Waals surface area contributed by atoms with Crippen molar-refractivity contribution in [3.05, 3.63) is 29.6 Å². The third-order valence-electron chi connectivity index (χ3n) is 2.50. The topological polar surface area (TPSA) is 23.5 Å². The Balaban J connectivity index is 2.90. The molecule has 90 valence electrons. The van der Waals surface area contributed by atoms with Crippen LogP contribution in [0.5, 0.6) is 0 Å². The maximum Gasteiger partial charge on any atom is 0.146 e. The van der Waals surface area contributed by atoms with Crippen molar-refractivity contribution in [2.24, 2.45) is 5.92 Å². The zero-order chi connectivity index (χ0) is 12.3. The summed E-state index contributed by atoms with van der Waals surface area (Å²) in [5.74, 6) is 0.211. The molecule has 0 saturated carbocycles. The largest absolute Gasteiger partial charge is 0.389 e. The molecule has 0 aliphatic rings. The molecule has 0 bridgehead atoms. The molecule has 0 aliphatic carbocycles. The van der Waals surface area contributed by atoms with E-state index in [0.29, 0.717) is 17.2 Å². The molecule has 0 aliphatic heterocycles. The van der Waals surface area contributed by atoms with Crippen LogP contribution in [-0.2, 0) is 0 Å². The average molecular weight is 225 g/mol. The van der Waals surface area contributed by atoms with Crippen LogP contribution in [0, 0.1) is 11.7 Å². The molecule has 0 heterocycles. The molecule has 0 aromatic heterocycles. The predicted molar refractivity (Wildman–Crippen MR) is 65.1 cm³/mol. The Morgan fingerprint density at radius 3 is 2.38 bits per heavy atom. The van der Waals surface area contributed by atoms with E-state index >= 15 is 0 Å². The van der Waals surface area contributed by atoms with E-state index in [0.717, 1.165) is 6.54 Å². The highest BCUT2D eigenvalue weighted by Crippen LogP contribution is 2.23. The minimum Gasteiger partial charge on any atom is -0.389 e. The fourth-order valence-corrected chi connectivity index (χ4v) is 1.74. The summed E-state index contributed by atoms with van der Waals surface area (Å²) in [7, 11) is 1.88. The second-order valence-corrected chi connectivity index (χ2v) is 4.66. The van der Waals surface area contributed by atoms with Crippen LogP contribution in [0.1, 0.15) is 32.4 Å². The van der Waals surface area contributed by atoms with E-state index in [2.05, 4.69) is 13.8 Å². The molecule has 3 heteroatoms. The molecule has 1 aromatic carbocycles. The van der Waals surface area contributed by atoms with Crippen LogP contribution in [0.4, 0.5) is 10.1 Å². The van der Waals surface area contributed by atoms with Crippen LogP contribution in [0.3, 0.4) is 0 Å². The SMILES string of the molecule is CC(C)CN(C)c1ccc(C(C)O)cc1F. The van der Waals surface area contributed by atoms with Gasteiger partial charge in [0, 0.05) is 13.6 Å². The van der Waals surface area contributed by atoms with Gasteiger partial charge in [-0.3, -0.25) is 0 Å². The van der Waals surface area contributed by atoms with Crippen molar-refractivity contribution in [1.82, 2.24) is 0 Å². The number of hydrogen-bond acceptors (Lipinski definition) is 2. The van der Waals surface area contributed by atoms with Gasteiger partial charge in [0.2, 0.25) is 0 Å². The molecule has 1 rings (SSSR count). The summed E-state index contributed by atoms with van der Waals surface area (Å²) in [6.45, 7) is 6.63. The molecular formula is C13H20FNO. The Morgan fingerprint density at radius 1 is 1.31 bits per heavy atom.